The lowest BCUT2D eigenvalue weighted by Gasteiger charge is -2.23. The first-order chi connectivity index (χ1) is 9.86. The van der Waals surface area contributed by atoms with Gasteiger partial charge in [0.05, 0.1) is 4.47 Å². The van der Waals surface area contributed by atoms with Crippen LogP contribution in [0.1, 0.15) is 48.7 Å². The highest BCUT2D eigenvalue weighted by atomic mass is 79.9. The number of hydrogen-bond donors (Lipinski definition) is 0. The van der Waals surface area contributed by atoms with E-state index >= 15 is 0 Å². The molecule has 0 unspecified atom stereocenters. The van der Waals surface area contributed by atoms with E-state index in [0.717, 1.165) is 6.42 Å². The van der Waals surface area contributed by atoms with Crippen LogP contribution >= 0.6 is 15.9 Å². The van der Waals surface area contributed by atoms with E-state index in [-0.39, 0.29) is 15.7 Å². The second-order valence-corrected chi connectivity index (χ2v) is 6.54. The molecule has 0 aromatic heterocycles. The van der Waals surface area contributed by atoms with E-state index in [1.165, 1.54) is 11.6 Å². The summed E-state index contributed by atoms with van der Waals surface area (Å²) in [6, 6.07) is 12.1. The molecule has 0 aliphatic rings. The van der Waals surface area contributed by atoms with Crippen molar-refractivity contribution in [2.75, 3.05) is 0 Å². The fourth-order valence-corrected chi connectivity index (χ4v) is 2.56. The average Bonchev–Trinajstić information content (AvgIpc) is 2.49. The Hall–Kier alpha value is -1.48. The van der Waals surface area contributed by atoms with Gasteiger partial charge in [-0.2, -0.15) is 0 Å². The molecule has 0 radical (unpaired) electrons. The van der Waals surface area contributed by atoms with Crippen LogP contribution in [0.25, 0.3) is 0 Å². The van der Waals surface area contributed by atoms with E-state index in [1.807, 2.05) is 24.3 Å². The number of rotatable bonds is 4. The second kappa shape index (κ2) is 6.10. The van der Waals surface area contributed by atoms with Crippen LogP contribution in [0.2, 0.25) is 0 Å². The largest absolute Gasteiger partial charge is 0.289 e. The molecule has 0 saturated carbocycles. The van der Waals surface area contributed by atoms with Gasteiger partial charge in [-0.25, -0.2) is 4.39 Å². The minimum atomic E-state index is -0.426. The molecule has 0 aliphatic carbocycles. The summed E-state index contributed by atoms with van der Waals surface area (Å²) >= 11 is 3.14. The number of carbonyl (C=O) groups excluding carboxylic acids is 1. The number of halogens is 2. The quantitative estimate of drug-likeness (QED) is 0.666. The Morgan fingerprint density at radius 3 is 2.33 bits per heavy atom. The molecule has 0 spiro atoms. The fraction of sp³-hybridized carbons (Fsp3) is 0.278. The van der Waals surface area contributed by atoms with E-state index in [4.69, 9.17) is 0 Å². The maximum atomic E-state index is 13.5. The number of benzene rings is 2. The highest BCUT2D eigenvalue weighted by Crippen LogP contribution is 2.28. The van der Waals surface area contributed by atoms with Crippen LogP contribution in [0.4, 0.5) is 4.39 Å². The van der Waals surface area contributed by atoms with Crippen molar-refractivity contribution < 1.29 is 9.18 Å². The zero-order valence-electron chi connectivity index (χ0n) is 12.4. The van der Waals surface area contributed by atoms with Crippen LogP contribution in [-0.2, 0) is 5.41 Å². The van der Waals surface area contributed by atoms with E-state index in [0.29, 0.717) is 11.1 Å². The van der Waals surface area contributed by atoms with Crippen molar-refractivity contribution in [1.29, 1.82) is 0 Å². The van der Waals surface area contributed by atoms with E-state index < -0.39 is 5.82 Å². The Morgan fingerprint density at radius 1 is 1.14 bits per heavy atom. The lowest BCUT2D eigenvalue weighted by atomic mass is 9.82. The third-order valence-electron chi connectivity index (χ3n) is 4.01. The first kappa shape index (κ1) is 15.9. The predicted molar refractivity (Wildman–Crippen MR) is 87.3 cm³/mol. The molecular weight excluding hydrogens is 331 g/mol. The van der Waals surface area contributed by atoms with E-state index in [2.05, 4.69) is 36.7 Å². The van der Waals surface area contributed by atoms with Crippen LogP contribution < -0.4 is 0 Å². The van der Waals surface area contributed by atoms with Crippen LogP contribution in [0.15, 0.2) is 46.9 Å². The van der Waals surface area contributed by atoms with Gasteiger partial charge in [0.25, 0.3) is 0 Å². The monoisotopic (exact) mass is 348 g/mol. The molecule has 0 saturated heterocycles. The van der Waals surface area contributed by atoms with Crippen molar-refractivity contribution >= 4 is 21.7 Å². The summed E-state index contributed by atoms with van der Waals surface area (Å²) < 4.78 is 13.7. The SMILES string of the molecule is CCC(C)(C)c1ccc(C(=O)c2cccc(F)c2Br)cc1. The van der Waals surface area contributed by atoms with E-state index in [9.17, 15) is 9.18 Å². The van der Waals surface area contributed by atoms with Gasteiger partial charge in [-0.15, -0.1) is 0 Å². The normalized spacial score (nSPS) is 11.5. The van der Waals surface area contributed by atoms with Crippen LogP contribution in [0, 0.1) is 5.82 Å². The van der Waals surface area contributed by atoms with Gasteiger partial charge in [0.15, 0.2) is 5.78 Å². The Morgan fingerprint density at radius 2 is 1.76 bits per heavy atom. The predicted octanol–water partition coefficient (Wildman–Crippen LogP) is 5.51. The molecule has 0 amide bonds. The summed E-state index contributed by atoms with van der Waals surface area (Å²) in [5, 5.41) is 0. The standard InChI is InChI=1S/C18H18BrFO/c1-4-18(2,3)13-10-8-12(9-11-13)17(21)14-6-5-7-15(20)16(14)19/h5-11H,4H2,1-3H3. The van der Waals surface area contributed by atoms with Crippen molar-refractivity contribution in [2.45, 2.75) is 32.6 Å². The summed E-state index contributed by atoms with van der Waals surface area (Å²) in [4.78, 5) is 12.5. The Kier molecular flexibility index (Phi) is 4.62. The molecule has 0 N–H and O–H groups in total. The maximum Gasteiger partial charge on any atom is 0.194 e. The minimum absolute atomic E-state index is 0.0843. The molecule has 1 nitrogen and oxygen atoms in total. The number of carbonyl (C=O) groups is 1. The van der Waals surface area contributed by atoms with Crippen molar-refractivity contribution in [2.24, 2.45) is 0 Å². The molecular formula is C18H18BrFO. The number of ketones is 1. The highest BCUT2D eigenvalue weighted by Gasteiger charge is 2.19. The summed E-state index contributed by atoms with van der Waals surface area (Å²) in [6.45, 7) is 6.49. The number of hydrogen-bond acceptors (Lipinski definition) is 1. The van der Waals surface area contributed by atoms with Gasteiger partial charge in [0, 0.05) is 11.1 Å². The molecule has 110 valence electrons. The lowest BCUT2D eigenvalue weighted by molar-refractivity contribution is 0.103. The van der Waals surface area contributed by atoms with Crippen molar-refractivity contribution in [3.05, 3.63) is 69.4 Å². The van der Waals surface area contributed by atoms with Crippen molar-refractivity contribution in [3.63, 3.8) is 0 Å². The van der Waals surface area contributed by atoms with Gasteiger partial charge < -0.3 is 0 Å². The summed E-state index contributed by atoms with van der Waals surface area (Å²) in [7, 11) is 0. The second-order valence-electron chi connectivity index (χ2n) is 5.75. The van der Waals surface area contributed by atoms with Gasteiger partial charge in [0.1, 0.15) is 5.82 Å². The molecule has 0 fully saturated rings. The molecule has 21 heavy (non-hydrogen) atoms. The molecule has 2 aromatic rings. The van der Waals surface area contributed by atoms with Gasteiger partial charge in [-0.3, -0.25) is 4.79 Å². The van der Waals surface area contributed by atoms with Gasteiger partial charge >= 0.3 is 0 Å². The average molecular weight is 349 g/mol. The zero-order chi connectivity index (χ0) is 15.6. The van der Waals surface area contributed by atoms with Gasteiger partial charge in [0.2, 0.25) is 0 Å². The van der Waals surface area contributed by atoms with Gasteiger partial charge in [-0.05, 0) is 45.5 Å². The fourth-order valence-electron chi connectivity index (χ4n) is 2.11. The molecule has 0 aliphatic heterocycles. The highest BCUT2D eigenvalue weighted by molar-refractivity contribution is 9.10. The molecule has 0 heterocycles. The minimum Gasteiger partial charge on any atom is -0.289 e. The first-order valence-electron chi connectivity index (χ1n) is 6.96. The molecule has 2 rings (SSSR count). The van der Waals surface area contributed by atoms with Crippen LogP contribution in [0.5, 0.6) is 0 Å². The maximum absolute atomic E-state index is 13.5. The third kappa shape index (κ3) is 3.24. The molecule has 0 atom stereocenters. The van der Waals surface area contributed by atoms with Crippen molar-refractivity contribution in [1.82, 2.24) is 0 Å². The zero-order valence-corrected chi connectivity index (χ0v) is 14.0. The summed E-state index contributed by atoms with van der Waals surface area (Å²) in [5.74, 6) is -0.605. The molecule has 0 bridgehead atoms. The Labute approximate surface area is 133 Å². The lowest BCUT2D eigenvalue weighted by Crippen LogP contribution is -2.15. The Bertz CT molecular complexity index is 659. The molecule has 3 heteroatoms. The third-order valence-corrected chi connectivity index (χ3v) is 4.81. The summed E-state index contributed by atoms with van der Waals surface area (Å²) in [5.41, 5.74) is 2.19. The topological polar surface area (TPSA) is 17.1 Å². The van der Waals surface area contributed by atoms with Crippen LogP contribution in [-0.4, -0.2) is 5.78 Å². The van der Waals surface area contributed by atoms with Crippen LogP contribution in [0.3, 0.4) is 0 Å². The smallest absolute Gasteiger partial charge is 0.194 e. The van der Waals surface area contributed by atoms with E-state index in [1.54, 1.807) is 12.1 Å². The first-order valence-corrected chi connectivity index (χ1v) is 7.75. The Balaban J connectivity index is 2.35. The molecule has 2 aromatic carbocycles. The van der Waals surface area contributed by atoms with Crippen molar-refractivity contribution in [3.8, 4) is 0 Å². The van der Waals surface area contributed by atoms with Gasteiger partial charge in [-0.1, -0.05) is 51.1 Å². The summed E-state index contributed by atoms with van der Waals surface area (Å²) in [6.07, 6.45) is 1.02.